The SMILES string of the molecule is Cc1ccc(C(=O)C(C)OC(=O)CN=C2NS(=O)(=O)c3ccccc32)cc1C. The molecule has 1 aliphatic heterocycles. The first kappa shape index (κ1) is 19.8. The fraction of sp³-hybridized carbons (Fsp3) is 0.250. The van der Waals surface area contributed by atoms with E-state index in [-0.39, 0.29) is 16.5 Å². The fourth-order valence-electron chi connectivity index (χ4n) is 2.81. The van der Waals surface area contributed by atoms with Gasteiger partial charge in [-0.2, -0.15) is 0 Å². The number of nitrogens with zero attached hydrogens (tertiary/aromatic N) is 1. The number of ether oxygens (including phenoxy) is 1. The zero-order chi connectivity index (χ0) is 20.5. The van der Waals surface area contributed by atoms with E-state index in [0.29, 0.717) is 11.1 Å². The van der Waals surface area contributed by atoms with Gasteiger partial charge in [-0.05, 0) is 50.1 Å². The first-order valence-corrected chi connectivity index (χ1v) is 10.1. The molecule has 0 saturated heterocycles. The number of nitrogens with one attached hydrogen (secondary N) is 1. The summed E-state index contributed by atoms with van der Waals surface area (Å²) in [6.45, 7) is 4.94. The summed E-state index contributed by atoms with van der Waals surface area (Å²) in [7, 11) is -3.67. The number of Topliss-reactive ketones (excluding diaryl/α,β-unsaturated/α-hetero) is 1. The predicted molar refractivity (Wildman–Crippen MR) is 104 cm³/mol. The number of fused-ring (bicyclic) bond motifs is 1. The van der Waals surface area contributed by atoms with E-state index in [1.54, 1.807) is 30.3 Å². The molecule has 146 valence electrons. The summed E-state index contributed by atoms with van der Waals surface area (Å²) in [5.74, 6) is -0.947. The number of carbonyl (C=O) groups excluding carboxylic acids is 2. The quantitative estimate of drug-likeness (QED) is 0.612. The van der Waals surface area contributed by atoms with Gasteiger partial charge in [0.05, 0.1) is 4.90 Å². The van der Waals surface area contributed by atoms with Crippen LogP contribution in [0.4, 0.5) is 0 Å². The van der Waals surface area contributed by atoms with E-state index in [9.17, 15) is 18.0 Å². The smallest absolute Gasteiger partial charge is 0.328 e. The first-order chi connectivity index (χ1) is 13.2. The van der Waals surface area contributed by atoms with Crippen molar-refractivity contribution in [2.24, 2.45) is 4.99 Å². The van der Waals surface area contributed by atoms with Crippen LogP contribution < -0.4 is 4.72 Å². The van der Waals surface area contributed by atoms with E-state index >= 15 is 0 Å². The summed E-state index contributed by atoms with van der Waals surface area (Å²) >= 11 is 0. The Morgan fingerprint density at radius 2 is 1.82 bits per heavy atom. The van der Waals surface area contributed by atoms with E-state index in [2.05, 4.69) is 9.71 Å². The van der Waals surface area contributed by atoms with Crippen LogP contribution in [0, 0.1) is 13.8 Å². The van der Waals surface area contributed by atoms with E-state index in [4.69, 9.17) is 4.74 Å². The van der Waals surface area contributed by atoms with Crippen LogP contribution in [0.25, 0.3) is 0 Å². The van der Waals surface area contributed by atoms with Gasteiger partial charge in [-0.15, -0.1) is 0 Å². The Bertz CT molecular complexity index is 1090. The molecule has 0 amide bonds. The standard InChI is InChI=1S/C20H20N2O5S/c1-12-8-9-15(10-13(12)2)19(24)14(3)27-18(23)11-21-20-16-6-4-5-7-17(16)28(25,26)22-20/h4-10,14H,11H2,1-3H3,(H,21,22). The molecule has 0 radical (unpaired) electrons. The van der Waals surface area contributed by atoms with E-state index in [0.717, 1.165) is 11.1 Å². The lowest BCUT2D eigenvalue weighted by atomic mass is 10.0. The lowest BCUT2D eigenvalue weighted by Gasteiger charge is -2.12. The summed E-state index contributed by atoms with van der Waals surface area (Å²) < 4.78 is 31.5. The number of carbonyl (C=O) groups is 2. The van der Waals surface area contributed by atoms with Gasteiger partial charge in [0, 0.05) is 11.1 Å². The Labute approximate surface area is 163 Å². The molecule has 1 unspecified atom stereocenters. The van der Waals surface area contributed by atoms with Gasteiger partial charge in [-0.1, -0.05) is 24.3 Å². The minimum Gasteiger partial charge on any atom is -0.453 e. The van der Waals surface area contributed by atoms with Gasteiger partial charge in [0.15, 0.2) is 6.10 Å². The number of esters is 1. The zero-order valence-corrected chi connectivity index (χ0v) is 16.5. The third-order valence-electron chi connectivity index (χ3n) is 4.50. The third-order valence-corrected chi connectivity index (χ3v) is 5.89. The Kier molecular flexibility index (Phi) is 5.33. The number of aliphatic imine (C=N–C) groups is 1. The van der Waals surface area contributed by atoms with Gasteiger partial charge >= 0.3 is 5.97 Å². The highest BCUT2D eigenvalue weighted by Crippen LogP contribution is 2.22. The van der Waals surface area contributed by atoms with Crippen molar-refractivity contribution in [3.63, 3.8) is 0 Å². The summed E-state index contributed by atoms with van der Waals surface area (Å²) in [6, 6.07) is 11.6. The van der Waals surface area contributed by atoms with Gasteiger partial charge in [-0.25, -0.2) is 8.42 Å². The highest BCUT2D eigenvalue weighted by Gasteiger charge is 2.30. The minimum atomic E-state index is -3.67. The van der Waals surface area contributed by atoms with E-state index in [1.165, 1.54) is 13.0 Å². The van der Waals surface area contributed by atoms with Crippen molar-refractivity contribution >= 4 is 27.6 Å². The molecule has 0 aliphatic carbocycles. The van der Waals surface area contributed by atoms with Crippen molar-refractivity contribution in [3.8, 4) is 0 Å². The summed E-state index contributed by atoms with van der Waals surface area (Å²) in [5, 5.41) is 0. The van der Waals surface area contributed by atoms with Gasteiger partial charge in [0.25, 0.3) is 10.0 Å². The van der Waals surface area contributed by atoms with Crippen LogP contribution in [0.5, 0.6) is 0 Å². The lowest BCUT2D eigenvalue weighted by molar-refractivity contribution is -0.144. The highest BCUT2D eigenvalue weighted by molar-refractivity contribution is 7.90. The lowest BCUT2D eigenvalue weighted by Crippen LogP contribution is -2.27. The average molecular weight is 400 g/mol. The number of amidine groups is 1. The van der Waals surface area contributed by atoms with Crippen molar-refractivity contribution in [2.75, 3.05) is 6.54 Å². The minimum absolute atomic E-state index is 0.0840. The molecule has 0 bridgehead atoms. The normalized spacial score (nSPS) is 16.9. The molecule has 1 heterocycles. The third kappa shape index (κ3) is 3.96. The fourth-order valence-corrected chi connectivity index (χ4v) is 4.06. The molecule has 0 saturated carbocycles. The molecule has 2 aromatic carbocycles. The summed E-state index contributed by atoms with van der Waals surface area (Å²) in [4.78, 5) is 28.7. The maximum absolute atomic E-state index is 12.4. The topological polar surface area (TPSA) is 102 Å². The van der Waals surface area contributed by atoms with E-state index in [1.807, 2.05) is 19.9 Å². The Hall–Kier alpha value is -3.00. The van der Waals surface area contributed by atoms with Crippen LogP contribution >= 0.6 is 0 Å². The Balaban J connectivity index is 1.67. The van der Waals surface area contributed by atoms with Crippen LogP contribution in [0.1, 0.15) is 34.0 Å². The van der Waals surface area contributed by atoms with Crippen molar-refractivity contribution < 1.29 is 22.7 Å². The molecule has 7 nitrogen and oxygen atoms in total. The molecule has 2 aromatic rings. The van der Waals surface area contributed by atoms with Crippen LogP contribution in [0.2, 0.25) is 0 Å². The number of hydrogen-bond donors (Lipinski definition) is 1. The number of ketones is 1. The van der Waals surface area contributed by atoms with Crippen molar-refractivity contribution in [1.82, 2.24) is 4.72 Å². The second-order valence-electron chi connectivity index (χ2n) is 6.56. The first-order valence-electron chi connectivity index (χ1n) is 8.66. The van der Waals surface area contributed by atoms with Gasteiger partial charge < -0.3 is 4.74 Å². The molecule has 1 N–H and O–H groups in total. The summed E-state index contributed by atoms with van der Waals surface area (Å²) in [6.07, 6.45) is -0.970. The van der Waals surface area contributed by atoms with Crippen LogP contribution in [0.3, 0.4) is 0 Å². The van der Waals surface area contributed by atoms with E-state index < -0.39 is 28.6 Å². The predicted octanol–water partition coefficient (Wildman–Crippen LogP) is 2.16. The molecule has 1 atom stereocenters. The second-order valence-corrected chi connectivity index (χ2v) is 8.21. The zero-order valence-electron chi connectivity index (χ0n) is 15.7. The number of sulfonamides is 1. The van der Waals surface area contributed by atoms with Gasteiger partial charge in [-0.3, -0.25) is 19.3 Å². The number of hydrogen-bond acceptors (Lipinski definition) is 6. The van der Waals surface area contributed by atoms with Crippen molar-refractivity contribution in [3.05, 3.63) is 64.7 Å². The maximum Gasteiger partial charge on any atom is 0.328 e. The molecular formula is C20H20N2O5S. The van der Waals surface area contributed by atoms with Crippen LogP contribution in [-0.4, -0.2) is 38.7 Å². The molecule has 0 aromatic heterocycles. The Morgan fingerprint density at radius 3 is 2.54 bits per heavy atom. The summed E-state index contributed by atoms with van der Waals surface area (Å²) in [5.41, 5.74) is 2.90. The molecule has 8 heteroatoms. The monoisotopic (exact) mass is 400 g/mol. The van der Waals surface area contributed by atoms with Gasteiger partial charge in [0.1, 0.15) is 12.4 Å². The number of benzene rings is 2. The molecular weight excluding hydrogens is 380 g/mol. The molecule has 0 fully saturated rings. The van der Waals surface area contributed by atoms with Crippen molar-refractivity contribution in [1.29, 1.82) is 0 Å². The molecule has 28 heavy (non-hydrogen) atoms. The Morgan fingerprint density at radius 1 is 1.11 bits per heavy atom. The number of aryl methyl sites for hydroxylation is 2. The second kappa shape index (κ2) is 7.55. The molecule has 0 spiro atoms. The molecule has 1 aliphatic rings. The highest BCUT2D eigenvalue weighted by atomic mass is 32.2. The average Bonchev–Trinajstić information content (AvgIpc) is 2.92. The van der Waals surface area contributed by atoms with Crippen molar-refractivity contribution in [2.45, 2.75) is 31.8 Å². The van der Waals surface area contributed by atoms with Crippen LogP contribution in [0.15, 0.2) is 52.4 Å². The maximum atomic E-state index is 12.4. The van der Waals surface area contributed by atoms with Gasteiger partial charge in [0.2, 0.25) is 5.78 Å². The number of rotatable bonds is 5. The molecule has 3 rings (SSSR count). The largest absolute Gasteiger partial charge is 0.453 e. The van der Waals surface area contributed by atoms with Crippen LogP contribution in [-0.2, 0) is 19.6 Å².